The van der Waals surface area contributed by atoms with Gasteiger partial charge in [-0.15, -0.1) is 23.7 Å². The molecule has 3 rings (SSSR count). The first-order chi connectivity index (χ1) is 12.0. The highest BCUT2D eigenvalue weighted by Crippen LogP contribution is 2.36. The molecule has 3 aromatic rings. The molecule has 0 aliphatic heterocycles. The van der Waals surface area contributed by atoms with E-state index in [1.807, 2.05) is 43.7 Å². The molecule has 0 bridgehead atoms. The molecule has 8 heteroatoms. The molecule has 26 heavy (non-hydrogen) atoms. The van der Waals surface area contributed by atoms with E-state index in [1.54, 1.807) is 12.0 Å². The van der Waals surface area contributed by atoms with E-state index in [1.165, 1.54) is 22.7 Å². The van der Waals surface area contributed by atoms with Crippen molar-refractivity contribution in [2.24, 2.45) is 0 Å². The monoisotopic (exact) mass is 411 g/mol. The molecule has 0 N–H and O–H groups in total. The summed E-state index contributed by atoms with van der Waals surface area (Å²) in [6.45, 7) is 3.41. The van der Waals surface area contributed by atoms with Crippen LogP contribution in [0, 0.1) is 6.92 Å². The zero-order valence-electron chi connectivity index (χ0n) is 15.2. The summed E-state index contributed by atoms with van der Waals surface area (Å²) < 4.78 is 6.50. The summed E-state index contributed by atoms with van der Waals surface area (Å²) in [7, 11) is 5.64. The zero-order valence-corrected chi connectivity index (χ0v) is 17.6. The third-order valence-corrected chi connectivity index (χ3v) is 5.96. The Morgan fingerprint density at radius 2 is 2.00 bits per heavy atom. The quantitative estimate of drug-likeness (QED) is 0.606. The smallest absolute Gasteiger partial charge is 0.270 e. The Labute approximate surface area is 167 Å². The number of amides is 1. The minimum absolute atomic E-state index is 0. The average Bonchev–Trinajstić information content (AvgIpc) is 3.25. The zero-order chi connectivity index (χ0) is 18.0. The van der Waals surface area contributed by atoms with Gasteiger partial charge in [-0.25, -0.2) is 4.98 Å². The third kappa shape index (κ3) is 4.17. The van der Waals surface area contributed by atoms with Crippen LogP contribution < -0.4 is 9.64 Å². The van der Waals surface area contributed by atoms with Gasteiger partial charge in [0.05, 0.1) is 16.7 Å². The van der Waals surface area contributed by atoms with E-state index in [-0.39, 0.29) is 18.3 Å². The van der Waals surface area contributed by atoms with Gasteiger partial charge < -0.3 is 9.64 Å². The van der Waals surface area contributed by atoms with Crippen molar-refractivity contribution in [3.8, 4) is 5.75 Å². The second-order valence-electron chi connectivity index (χ2n) is 6.00. The number of thiophene rings is 1. The molecule has 2 heterocycles. The van der Waals surface area contributed by atoms with Gasteiger partial charge in [-0.1, -0.05) is 23.5 Å². The lowest BCUT2D eigenvalue weighted by Gasteiger charge is -2.21. The molecule has 5 nitrogen and oxygen atoms in total. The predicted octanol–water partition coefficient (Wildman–Crippen LogP) is 4.31. The molecule has 0 unspecified atom stereocenters. The fraction of sp³-hybridized carbons (Fsp3) is 0.333. The SMILES string of the molecule is COc1ccc(C)c2sc(N(CCN(C)C)C(=O)c3cccs3)nc12.Cl. The molecule has 0 atom stereocenters. The van der Waals surface area contributed by atoms with Crippen LogP contribution in [0.3, 0.4) is 0 Å². The van der Waals surface area contributed by atoms with Crippen LogP contribution in [0.25, 0.3) is 10.2 Å². The topological polar surface area (TPSA) is 45.7 Å². The van der Waals surface area contributed by atoms with Crippen LogP contribution in [0.15, 0.2) is 29.6 Å². The Kier molecular flexibility index (Phi) is 7.00. The van der Waals surface area contributed by atoms with Crippen LogP contribution in [-0.4, -0.2) is 50.1 Å². The summed E-state index contributed by atoms with van der Waals surface area (Å²) in [6.07, 6.45) is 0. The number of likely N-dealkylation sites (N-methyl/N-ethyl adjacent to an activating group) is 1. The number of aromatic nitrogens is 1. The number of aryl methyl sites for hydroxylation is 1. The molecule has 0 saturated heterocycles. The molecule has 0 spiro atoms. The molecule has 0 radical (unpaired) electrons. The third-order valence-electron chi connectivity index (χ3n) is 3.89. The Balaban J connectivity index is 0.00000243. The molecular formula is C18H22ClN3O2S2. The van der Waals surface area contributed by atoms with Gasteiger partial charge >= 0.3 is 0 Å². The number of hydrogen-bond acceptors (Lipinski definition) is 6. The van der Waals surface area contributed by atoms with Crippen molar-refractivity contribution in [3.63, 3.8) is 0 Å². The van der Waals surface area contributed by atoms with E-state index >= 15 is 0 Å². The lowest BCUT2D eigenvalue weighted by atomic mass is 10.2. The molecule has 1 aromatic carbocycles. The predicted molar refractivity (Wildman–Crippen MR) is 113 cm³/mol. The fourth-order valence-corrected chi connectivity index (χ4v) is 4.24. The highest BCUT2D eigenvalue weighted by atomic mass is 35.5. The molecule has 2 aromatic heterocycles. The number of ether oxygens (including phenoxy) is 1. The van der Waals surface area contributed by atoms with Crippen molar-refractivity contribution < 1.29 is 9.53 Å². The molecule has 0 aliphatic rings. The summed E-state index contributed by atoms with van der Waals surface area (Å²) in [5.74, 6) is 0.728. The number of fused-ring (bicyclic) bond motifs is 1. The van der Waals surface area contributed by atoms with Crippen molar-refractivity contribution in [1.82, 2.24) is 9.88 Å². The van der Waals surface area contributed by atoms with Gasteiger partial charge in [0.1, 0.15) is 11.3 Å². The number of benzene rings is 1. The van der Waals surface area contributed by atoms with Crippen LogP contribution in [0.4, 0.5) is 5.13 Å². The molecule has 0 saturated carbocycles. The van der Waals surface area contributed by atoms with Gasteiger partial charge in [-0.05, 0) is 44.1 Å². The van der Waals surface area contributed by atoms with Crippen molar-refractivity contribution in [2.45, 2.75) is 6.92 Å². The number of nitrogens with zero attached hydrogens (tertiary/aromatic N) is 3. The first-order valence-electron chi connectivity index (χ1n) is 7.95. The Morgan fingerprint density at radius 1 is 1.23 bits per heavy atom. The van der Waals surface area contributed by atoms with Gasteiger partial charge in [0.25, 0.3) is 5.91 Å². The molecular weight excluding hydrogens is 390 g/mol. The van der Waals surface area contributed by atoms with Crippen molar-refractivity contribution in [1.29, 1.82) is 0 Å². The number of anilines is 1. The molecule has 0 fully saturated rings. The summed E-state index contributed by atoms with van der Waals surface area (Å²) in [4.78, 5) is 22.3. The van der Waals surface area contributed by atoms with E-state index in [0.717, 1.165) is 33.0 Å². The van der Waals surface area contributed by atoms with Crippen LogP contribution in [-0.2, 0) is 0 Å². The summed E-state index contributed by atoms with van der Waals surface area (Å²) in [5, 5.41) is 2.63. The van der Waals surface area contributed by atoms with Crippen molar-refractivity contribution >= 4 is 56.3 Å². The normalized spacial score (nSPS) is 10.8. The number of halogens is 1. The summed E-state index contributed by atoms with van der Waals surface area (Å²) in [5.41, 5.74) is 1.95. The van der Waals surface area contributed by atoms with E-state index in [0.29, 0.717) is 11.7 Å². The van der Waals surface area contributed by atoms with Gasteiger partial charge in [0.2, 0.25) is 0 Å². The fourth-order valence-electron chi connectivity index (χ4n) is 2.50. The maximum absolute atomic E-state index is 13.0. The number of rotatable bonds is 6. The van der Waals surface area contributed by atoms with Crippen molar-refractivity contribution in [2.75, 3.05) is 39.2 Å². The van der Waals surface area contributed by atoms with E-state index in [4.69, 9.17) is 9.72 Å². The standard InChI is InChI=1S/C18H21N3O2S2.ClH/c1-12-7-8-13(23-4)15-16(12)25-18(19-15)21(10-9-20(2)3)17(22)14-6-5-11-24-14;/h5-8,11H,9-10H2,1-4H3;1H. The van der Waals surface area contributed by atoms with Gasteiger partial charge in [-0.2, -0.15) is 0 Å². The molecule has 1 amide bonds. The molecule has 140 valence electrons. The maximum Gasteiger partial charge on any atom is 0.270 e. The molecule has 0 aliphatic carbocycles. The summed E-state index contributed by atoms with van der Waals surface area (Å²) >= 11 is 2.99. The van der Waals surface area contributed by atoms with E-state index < -0.39 is 0 Å². The maximum atomic E-state index is 13.0. The second-order valence-corrected chi connectivity index (χ2v) is 7.92. The van der Waals surface area contributed by atoms with E-state index in [9.17, 15) is 4.79 Å². The van der Waals surface area contributed by atoms with Crippen LogP contribution in [0.1, 0.15) is 15.2 Å². The number of carbonyl (C=O) groups is 1. The van der Waals surface area contributed by atoms with Gasteiger partial charge in [0, 0.05) is 13.1 Å². The first kappa shape index (κ1) is 20.6. The minimum Gasteiger partial charge on any atom is -0.494 e. The van der Waals surface area contributed by atoms with Gasteiger partial charge in [-0.3, -0.25) is 9.69 Å². The number of carbonyl (C=O) groups excluding carboxylic acids is 1. The van der Waals surface area contributed by atoms with Gasteiger partial charge in [0.15, 0.2) is 5.13 Å². The number of hydrogen-bond donors (Lipinski definition) is 0. The number of thiazole rings is 1. The minimum atomic E-state index is -0.00692. The first-order valence-corrected chi connectivity index (χ1v) is 9.65. The largest absolute Gasteiger partial charge is 0.494 e. The highest BCUT2D eigenvalue weighted by Gasteiger charge is 2.23. The van der Waals surface area contributed by atoms with Crippen LogP contribution in [0.5, 0.6) is 5.75 Å². The van der Waals surface area contributed by atoms with Crippen LogP contribution in [0.2, 0.25) is 0 Å². The Morgan fingerprint density at radius 3 is 2.62 bits per heavy atom. The number of methoxy groups -OCH3 is 1. The lowest BCUT2D eigenvalue weighted by Crippen LogP contribution is -2.36. The summed E-state index contributed by atoms with van der Waals surface area (Å²) in [6, 6.07) is 7.70. The highest BCUT2D eigenvalue weighted by molar-refractivity contribution is 7.22. The van der Waals surface area contributed by atoms with E-state index in [2.05, 4.69) is 11.8 Å². The second kappa shape index (κ2) is 8.81. The lowest BCUT2D eigenvalue weighted by molar-refractivity contribution is 0.0989. The Bertz CT molecular complexity index is 878. The Hall–Kier alpha value is -1.67. The average molecular weight is 412 g/mol. The van der Waals surface area contributed by atoms with Crippen molar-refractivity contribution in [3.05, 3.63) is 40.1 Å². The van der Waals surface area contributed by atoms with Crippen LogP contribution >= 0.6 is 35.1 Å².